The molecule has 2 aromatic rings. The number of nitrogens with zero attached hydrogens (tertiary/aromatic N) is 2. The molecule has 0 saturated carbocycles. The Morgan fingerprint density at radius 3 is 2.15 bits per heavy atom. The van der Waals surface area contributed by atoms with Crippen LogP contribution in [0.25, 0.3) is 0 Å². The fourth-order valence-corrected chi connectivity index (χ4v) is 4.33. The second kappa shape index (κ2) is 9.94. The lowest BCUT2D eigenvalue weighted by molar-refractivity contribution is -0.121. The molecule has 1 saturated heterocycles. The van der Waals surface area contributed by atoms with Crippen molar-refractivity contribution in [3.05, 3.63) is 59.2 Å². The molecule has 0 aromatic heterocycles. The summed E-state index contributed by atoms with van der Waals surface area (Å²) in [6.07, 6.45) is 1.48. The van der Waals surface area contributed by atoms with Crippen molar-refractivity contribution in [2.45, 2.75) is 12.8 Å². The van der Waals surface area contributed by atoms with Crippen LogP contribution in [0.15, 0.2) is 42.5 Å². The molecule has 9 nitrogen and oxygen atoms in total. The van der Waals surface area contributed by atoms with Gasteiger partial charge in [-0.25, -0.2) is 0 Å². The lowest BCUT2D eigenvalue weighted by atomic mass is 9.96. The van der Waals surface area contributed by atoms with E-state index < -0.39 is 11.8 Å². The number of ether oxygens (including phenoxy) is 2. The van der Waals surface area contributed by atoms with E-state index in [1.165, 1.54) is 7.11 Å². The maximum Gasteiger partial charge on any atom is 0.262 e. The van der Waals surface area contributed by atoms with Gasteiger partial charge in [-0.15, -0.1) is 0 Å². The number of hydrogen-bond acceptors (Lipinski definition) is 6. The Hall–Kier alpha value is -3.88. The topological polar surface area (TPSA) is 105 Å². The van der Waals surface area contributed by atoms with Gasteiger partial charge in [0, 0.05) is 25.2 Å². The zero-order chi connectivity index (χ0) is 24.2. The van der Waals surface area contributed by atoms with E-state index in [0.717, 1.165) is 17.7 Å². The van der Waals surface area contributed by atoms with Gasteiger partial charge in [0.15, 0.2) is 11.5 Å². The van der Waals surface area contributed by atoms with Crippen LogP contribution in [0.1, 0.15) is 43.9 Å². The van der Waals surface area contributed by atoms with Crippen LogP contribution in [0.5, 0.6) is 11.5 Å². The van der Waals surface area contributed by atoms with E-state index in [1.54, 1.807) is 54.5 Å². The molecule has 4 rings (SSSR count). The first-order valence-electron chi connectivity index (χ1n) is 11.2. The highest BCUT2D eigenvalue weighted by Gasteiger charge is 2.36. The molecule has 2 heterocycles. The van der Waals surface area contributed by atoms with Crippen molar-refractivity contribution in [3.8, 4) is 11.5 Å². The summed E-state index contributed by atoms with van der Waals surface area (Å²) in [5.74, 6) is -0.0674. The predicted octanol–water partition coefficient (Wildman–Crippen LogP) is 1.97. The normalized spacial score (nSPS) is 15.8. The van der Waals surface area contributed by atoms with E-state index in [9.17, 15) is 19.2 Å². The van der Waals surface area contributed by atoms with Crippen molar-refractivity contribution < 1.29 is 28.7 Å². The molecular weight excluding hydrogens is 438 g/mol. The number of methoxy groups -OCH3 is 2. The van der Waals surface area contributed by atoms with Gasteiger partial charge in [-0.05, 0) is 49.1 Å². The molecule has 34 heavy (non-hydrogen) atoms. The summed E-state index contributed by atoms with van der Waals surface area (Å²) in [7, 11) is 3.07. The fraction of sp³-hybridized carbons (Fsp3) is 0.360. The summed E-state index contributed by atoms with van der Waals surface area (Å²) in [5, 5.41) is 2.83. The first-order chi connectivity index (χ1) is 16.4. The number of fused-ring (bicyclic) bond motifs is 1. The van der Waals surface area contributed by atoms with Gasteiger partial charge in [-0.2, -0.15) is 0 Å². The van der Waals surface area contributed by atoms with Gasteiger partial charge < -0.3 is 19.7 Å². The summed E-state index contributed by atoms with van der Waals surface area (Å²) >= 11 is 0. The van der Waals surface area contributed by atoms with Crippen LogP contribution in [0.3, 0.4) is 0 Å². The summed E-state index contributed by atoms with van der Waals surface area (Å²) in [5.41, 5.74) is 1.18. The van der Waals surface area contributed by atoms with Gasteiger partial charge >= 0.3 is 0 Å². The van der Waals surface area contributed by atoms with Crippen LogP contribution in [-0.2, 0) is 4.79 Å². The average molecular weight is 466 g/mol. The molecule has 9 heteroatoms. The predicted molar refractivity (Wildman–Crippen MR) is 123 cm³/mol. The number of carbonyl (C=O) groups is 4. The van der Waals surface area contributed by atoms with Crippen LogP contribution >= 0.6 is 0 Å². The molecule has 4 amide bonds. The van der Waals surface area contributed by atoms with Crippen molar-refractivity contribution in [2.24, 2.45) is 5.92 Å². The highest BCUT2D eigenvalue weighted by Crippen LogP contribution is 2.29. The molecular formula is C25H27N3O6. The maximum absolute atomic E-state index is 12.9. The number of nitrogens with one attached hydrogen (secondary N) is 1. The van der Waals surface area contributed by atoms with Crippen molar-refractivity contribution in [3.63, 3.8) is 0 Å². The Bertz CT molecular complexity index is 1090. The van der Waals surface area contributed by atoms with Crippen molar-refractivity contribution in [1.29, 1.82) is 0 Å². The summed E-state index contributed by atoms with van der Waals surface area (Å²) in [6, 6.07) is 11.7. The van der Waals surface area contributed by atoms with Gasteiger partial charge in [-0.1, -0.05) is 12.1 Å². The number of benzene rings is 2. The van der Waals surface area contributed by atoms with Crippen LogP contribution in [0.4, 0.5) is 0 Å². The van der Waals surface area contributed by atoms with Gasteiger partial charge in [0.05, 0.1) is 25.3 Å². The molecule has 0 spiro atoms. The first kappa shape index (κ1) is 23.3. The average Bonchev–Trinajstić information content (AvgIpc) is 3.11. The van der Waals surface area contributed by atoms with Gasteiger partial charge in [-0.3, -0.25) is 24.1 Å². The lowest BCUT2D eigenvalue weighted by Gasteiger charge is -2.32. The van der Waals surface area contributed by atoms with E-state index in [2.05, 4.69) is 5.32 Å². The summed E-state index contributed by atoms with van der Waals surface area (Å²) in [4.78, 5) is 52.9. The third-order valence-corrected chi connectivity index (χ3v) is 6.30. The van der Waals surface area contributed by atoms with Gasteiger partial charge in [0.25, 0.3) is 17.7 Å². The minimum Gasteiger partial charge on any atom is -0.493 e. The van der Waals surface area contributed by atoms with Crippen LogP contribution in [-0.4, -0.2) is 73.8 Å². The van der Waals surface area contributed by atoms with E-state index in [1.807, 2.05) is 0 Å². The van der Waals surface area contributed by atoms with E-state index in [0.29, 0.717) is 47.8 Å². The second-order valence-corrected chi connectivity index (χ2v) is 8.35. The molecule has 2 aromatic carbocycles. The molecule has 0 atom stereocenters. The molecule has 1 fully saturated rings. The maximum atomic E-state index is 12.9. The molecule has 2 aliphatic rings. The minimum atomic E-state index is -0.447. The Kier molecular flexibility index (Phi) is 6.81. The molecule has 0 aliphatic carbocycles. The molecule has 0 unspecified atom stereocenters. The third kappa shape index (κ3) is 4.59. The first-order valence-corrected chi connectivity index (χ1v) is 11.2. The standard InChI is InChI=1S/C25H27N3O6/c1-33-20-8-7-17(13-21(20)34-2)23(30)27-11-9-16(10-12-27)14-26-22(29)15-28-24(31)18-5-3-4-6-19(18)25(28)32/h3-8,13,16H,9-12,14-15H2,1-2H3,(H,26,29). The largest absolute Gasteiger partial charge is 0.493 e. The monoisotopic (exact) mass is 465 g/mol. The van der Waals surface area contributed by atoms with Crippen LogP contribution in [0, 0.1) is 5.92 Å². The number of imide groups is 1. The second-order valence-electron chi connectivity index (χ2n) is 8.35. The number of likely N-dealkylation sites (tertiary alicyclic amines) is 1. The van der Waals surface area contributed by atoms with E-state index in [-0.39, 0.29) is 24.3 Å². The highest BCUT2D eigenvalue weighted by molar-refractivity contribution is 6.22. The number of piperidine rings is 1. The minimum absolute atomic E-state index is 0.0749. The molecule has 2 aliphatic heterocycles. The Labute approximate surface area is 197 Å². The number of hydrogen-bond donors (Lipinski definition) is 1. The van der Waals surface area contributed by atoms with Crippen molar-refractivity contribution in [1.82, 2.24) is 15.1 Å². The Morgan fingerprint density at radius 2 is 1.56 bits per heavy atom. The Morgan fingerprint density at radius 1 is 0.941 bits per heavy atom. The third-order valence-electron chi connectivity index (χ3n) is 6.30. The lowest BCUT2D eigenvalue weighted by Crippen LogP contribution is -2.44. The summed E-state index contributed by atoms with van der Waals surface area (Å²) < 4.78 is 10.5. The smallest absolute Gasteiger partial charge is 0.262 e. The van der Waals surface area contributed by atoms with E-state index in [4.69, 9.17) is 9.47 Å². The zero-order valence-corrected chi connectivity index (χ0v) is 19.2. The number of carbonyl (C=O) groups excluding carboxylic acids is 4. The Balaban J connectivity index is 1.25. The molecule has 0 bridgehead atoms. The van der Waals surface area contributed by atoms with Crippen LogP contribution < -0.4 is 14.8 Å². The fourth-order valence-electron chi connectivity index (χ4n) is 4.33. The van der Waals surface area contributed by atoms with Crippen LogP contribution in [0.2, 0.25) is 0 Å². The molecule has 0 radical (unpaired) electrons. The van der Waals surface area contributed by atoms with Gasteiger partial charge in [0.2, 0.25) is 5.91 Å². The number of rotatable bonds is 7. The summed E-state index contributed by atoms with van der Waals surface area (Å²) in [6.45, 7) is 1.28. The molecule has 178 valence electrons. The van der Waals surface area contributed by atoms with Crippen molar-refractivity contribution >= 4 is 23.6 Å². The SMILES string of the molecule is COc1ccc(C(=O)N2CCC(CNC(=O)CN3C(=O)c4ccccc4C3=O)CC2)cc1OC. The van der Waals surface area contributed by atoms with E-state index >= 15 is 0 Å². The highest BCUT2D eigenvalue weighted by atomic mass is 16.5. The zero-order valence-electron chi connectivity index (χ0n) is 19.2. The number of amides is 4. The van der Waals surface area contributed by atoms with Gasteiger partial charge in [0.1, 0.15) is 6.54 Å². The molecule has 1 N–H and O–H groups in total. The van der Waals surface area contributed by atoms with Crippen molar-refractivity contribution in [2.75, 3.05) is 40.4 Å². The quantitative estimate of drug-likeness (QED) is 0.627.